The number of aryl methyl sites for hydroxylation is 2. The number of amides is 1. The van der Waals surface area contributed by atoms with Crippen LogP contribution >= 0.6 is 0 Å². The number of fused-ring (bicyclic) bond motifs is 1. The standard InChI is InChI=1S/C22H23N5O2/c1-15-13-27(16(2)17-9-5-4-6-10-17)24-21(15)23-20(28)14-26-19-12-8-7-11-18(19)25(3)22(26)29/h4-13,16H,14H2,1-3H3,(H,23,24,28)/t16-/m1/s1. The van der Waals surface area contributed by atoms with Gasteiger partial charge in [-0.3, -0.25) is 18.6 Å². The Morgan fingerprint density at radius 3 is 2.45 bits per heavy atom. The fraction of sp³-hybridized carbons (Fsp3) is 0.227. The molecule has 0 aliphatic heterocycles. The molecule has 29 heavy (non-hydrogen) atoms. The molecule has 2 aromatic carbocycles. The van der Waals surface area contributed by atoms with Crippen LogP contribution in [-0.2, 0) is 18.4 Å². The number of carbonyl (C=O) groups excluding carboxylic acids is 1. The maximum atomic E-state index is 12.7. The lowest BCUT2D eigenvalue weighted by Crippen LogP contribution is -2.28. The van der Waals surface area contributed by atoms with Gasteiger partial charge in [-0.2, -0.15) is 5.10 Å². The lowest BCUT2D eigenvalue weighted by Gasteiger charge is -2.12. The molecule has 0 spiro atoms. The molecule has 0 aliphatic carbocycles. The van der Waals surface area contributed by atoms with Crippen molar-refractivity contribution in [3.8, 4) is 0 Å². The van der Waals surface area contributed by atoms with Crippen molar-refractivity contribution in [1.29, 1.82) is 0 Å². The summed E-state index contributed by atoms with van der Waals surface area (Å²) in [4.78, 5) is 25.2. The molecular weight excluding hydrogens is 366 g/mol. The number of nitrogens with zero attached hydrogens (tertiary/aromatic N) is 4. The smallest absolute Gasteiger partial charge is 0.307 e. The number of benzene rings is 2. The van der Waals surface area contributed by atoms with Gasteiger partial charge < -0.3 is 5.32 Å². The van der Waals surface area contributed by atoms with Crippen molar-refractivity contribution in [1.82, 2.24) is 18.9 Å². The molecular formula is C22H23N5O2. The maximum absolute atomic E-state index is 12.7. The second-order valence-electron chi connectivity index (χ2n) is 7.19. The quantitative estimate of drug-likeness (QED) is 0.570. The van der Waals surface area contributed by atoms with E-state index < -0.39 is 0 Å². The summed E-state index contributed by atoms with van der Waals surface area (Å²) in [7, 11) is 1.70. The first-order valence-electron chi connectivity index (χ1n) is 9.50. The summed E-state index contributed by atoms with van der Waals surface area (Å²) < 4.78 is 4.86. The number of aromatic nitrogens is 4. The molecule has 2 aromatic heterocycles. The molecule has 2 heterocycles. The number of nitrogens with one attached hydrogen (secondary N) is 1. The summed E-state index contributed by atoms with van der Waals surface area (Å²) in [5.41, 5.74) is 3.31. The largest absolute Gasteiger partial charge is 0.329 e. The van der Waals surface area contributed by atoms with Crippen molar-refractivity contribution in [2.24, 2.45) is 7.05 Å². The van der Waals surface area contributed by atoms with Crippen LogP contribution in [0.5, 0.6) is 0 Å². The van der Waals surface area contributed by atoms with E-state index in [0.29, 0.717) is 5.82 Å². The highest BCUT2D eigenvalue weighted by atomic mass is 16.2. The minimum Gasteiger partial charge on any atom is -0.307 e. The van der Waals surface area contributed by atoms with Crippen molar-refractivity contribution in [2.45, 2.75) is 26.4 Å². The number of carbonyl (C=O) groups is 1. The van der Waals surface area contributed by atoms with Gasteiger partial charge in [0, 0.05) is 18.8 Å². The highest BCUT2D eigenvalue weighted by Gasteiger charge is 2.16. The lowest BCUT2D eigenvalue weighted by atomic mass is 10.1. The van der Waals surface area contributed by atoms with E-state index in [1.807, 2.05) is 72.4 Å². The molecule has 0 bridgehead atoms. The average Bonchev–Trinajstić information content (AvgIpc) is 3.21. The zero-order valence-electron chi connectivity index (χ0n) is 16.7. The molecule has 4 aromatic rings. The predicted octanol–water partition coefficient (Wildman–Crippen LogP) is 3.09. The van der Waals surface area contributed by atoms with E-state index in [-0.39, 0.29) is 24.2 Å². The van der Waals surface area contributed by atoms with Gasteiger partial charge in [0.25, 0.3) is 0 Å². The van der Waals surface area contributed by atoms with Crippen LogP contribution < -0.4 is 11.0 Å². The molecule has 0 aliphatic rings. The molecule has 7 heteroatoms. The summed E-state index contributed by atoms with van der Waals surface area (Å²) in [6.45, 7) is 3.89. The fourth-order valence-corrected chi connectivity index (χ4v) is 3.52. The number of imidazole rings is 1. The molecule has 1 N–H and O–H groups in total. The second kappa shape index (κ2) is 7.43. The molecule has 7 nitrogen and oxygen atoms in total. The zero-order chi connectivity index (χ0) is 20.5. The minimum atomic E-state index is -0.288. The van der Waals surface area contributed by atoms with Crippen LogP contribution in [0.3, 0.4) is 0 Å². The number of para-hydroxylation sites is 2. The van der Waals surface area contributed by atoms with Gasteiger partial charge in [-0.1, -0.05) is 42.5 Å². The van der Waals surface area contributed by atoms with E-state index in [2.05, 4.69) is 17.3 Å². The van der Waals surface area contributed by atoms with Gasteiger partial charge in [0.1, 0.15) is 6.54 Å². The summed E-state index contributed by atoms with van der Waals surface area (Å²) in [5, 5.41) is 7.40. The van der Waals surface area contributed by atoms with Gasteiger partial charge in [-0.25, -0.2) is 4.79 Å². The Labute approximate surface area is 168 Å². The van der Waals surface area contributed by atoms with Crippen molar-refractivity contribution in [2.75, 3.05) is 5.32 Å². The molecule has 4 rings (SSSR count). The first-order valence-corrected chi connectivity index (χ1v) is 9.50. The van der Waals surface area contributed by atoms with E-state index in [4.69, 9.17) is 0 Å². The average molecular weight is 389 g/mol. The van der Waals surface area contributed by atoms with E-state index in [1.165, 1.54) is 4.57 Å². The Morgan fingerprint density at radius 1 is 1.07 bits per heavy atom. The summed E-state index contributed by atoms with van der Waals surface area (Å²) in [6.07, 6.45) is 1.91. The molecule has 0 saturated heterocycles. The monoisotopic (exact) mass is 389 g/mol. The Hall–Kier alpha value is -3.61. The molecule has 148 valence electrons. The highest BCUT2D eigenvalue weighted by molar-refractivity contribution is 5.91. The number of anilines is 1. The Balaban J connectivity index is 1.55. The van der Waals surface area contributed by atoms with Crippen LogP contribution in [0.25, 0.3) is 11.0 Å². The third-order valence-electron chi connectivity index (χ3n) is 5.20. The molecule has 0 unspecified atom stereocenters. The molecule has 0 fully saturated rings. The Kier molecular flexibility index (Phi) is 4.80. The summed E-state index contributed by atoms with van der Waals surface area (Å²) in [5.74, 6) is 0.218. The Morgan fingerprint density at radius 2 is 1.72 bits per heavy atom. The van der Waals surface area contributed by atoms with E-state index in [1.54, 1.807) is 11.6 Å². The lowest BCUT2D eigenvalue weighted by molar-refractivity contribution is -0.116. The van der Waals surface area contributed by atoms with Crippen molar-refractivity contribution in [3.63, 3.8) is 0 Å². The SMILES string of the molecule is Cc1cn([C@H](C)c2ccccc2)nc1NC(=O)Cn1c(=O)n(C)c2ccccc21. The maximum Gasteiger partial charge on any atom is 0.329 e. The van der Waals surface area contributed by atoms with Crippen LogP contribution in [0.4, 0.5) is 5.82 Å². The second-order valence-corrected chi connectivity index (χ2v) is 7.19. The predicted molar refractivity (Wildman–Crippen MR) is 113 cm³/mol. The van der Waals surface area contributed by atoms with Crippen LogP contribution in [0.15, 0.2) is 65.6 Å². The number of hydrogen-bond acceptors (Lipinski definition) is 3. The first-order chi connectivity index (χ1) is 14.0. The molecule has 1 amide bonds. The molecule has 1 atom stereocenters. The topological polar surface area (TPSA) is 73.8 Å². The normalized spacial score (nSPS) is 12.2. The van der Waals surface area contributed by atoms with Gasteiger partial charge in [0.15, 0.2) is 5.82 Å². The van der Waals surface area contributed by atoms with Crippen LogP contribution in [0.1, 0.15) is 24.1 Å². The van der Waals surface area contributed by atoms with Crippen molar-refractivity contribution < 1.29 is 4.79 Å². The summed E-state index contributed by atoms with van der Waals surface area (Å²) >= 11 is 0. The Bertz CT molecular complexity index is 1230. The van der Waals surface area contributed by atoms with E-state index >= 15 is 0 Å². The molecule has 0 radical (unpaired) electrons. The van der Waals surface area contributed by atoms with Crippen LogP contribution in [-0.4, -0.2) is 24.8 Å². The third kappa shape index (κ3) is 3.47. The van der Waals surface area contributed by atoms with E-state index in [0.717, 1.165) is 22.2 Å². The van der Waals surface area contributed by atoms with Crippen LogP contribution in [0.2, 0.25) is 0 Å². The fourth-order valence-electron chi connectivity index (χ4n) is 3.52. The van der Waals surface area contributed by atoms with Crippen molar-refractivity contribution >= 4 is 22.8 Å². The van der Waals surface area contributed by atoms with Gasteiger partial charge in [0.05, 0.1) is 17.1 Å². The van der Waals surface area contributed by atoms with Gasteiger partial charge in [0.2, 0.25) is 5.91 Å². The number of rotatable bonds is 5. The third-order valence-corrected chi connectivity index (χ3v) is 5.20. The molecule has 0 saturated carbocycles. The first kappa shape index (κ1) is 18.7. The van der Waals surface area contributed by atoms with Gasteiger partial charge in [-0.05, 0) is 31.5 Å². The summed E-state index contributed by atoms with van der Waals surface area (Å²) in [6, 6.07) is 17.5. The van der Waals surface area contributed by atoms with Gasteiger partial charge >= 0.3 is 5.69 Å². The minimum absolute atomic E-state index is 0.0428. The highest BCUT2D eigenvalue weighted by Crippen LogP contribution is 2.21. The van der Waals surface area contributed by atoms with Crippen molar-refractivity contribution in [3.05, 3.63) is 82.4 Å². The zero-order valence-corrected chi connectivity index (χ0v) is 16.7. The van der Waals surface area contributed by atoms with E-state index in [9.17, 15) is 9.59 Å². The number of hydrogen-bond donors (Lipinski definition) is 1. The van der Waals surface area contributed by atoms with Crippen LogP contribution in [0, 0.1) is 6.92 Å². The van der Waals surface area contributed by atoms with Gasteiger partial charge in [-0.15, -0.1) is 0 Å².